The van der Waals surface area contributed by atoms with Crippen LogP contribution in [0.3, 0.4) is 0 Å². The summed E-state index contributed by atoms with van der Waals surface area (Å²) in [6.07, 6.45) is -0.950. The van der Waals surface area contributed by atoms with E-state index in [2.05, 4.69) is 15.9 Å². The van der Waals surface area contributed by atoms with Gasteiger partial charge in [-0.2, -0.15) is 0 Å². The lowest BCUT2D eigenvalue weighted by molar-refractivity contribution is -0.121. The molecular formula is C17H13BrO3. The van der Waals surface area contributed by atoms with Crippen molar-refractivity contribution in [1.82, 2.24) is 0 Å². The highest BCUT2D eigenvalue weighted by atomic mass is 79.9. The summed E-state index contributed by atoms with van der Waals surface area (Å²) in [5, 5.41) is 0. The minimum atomic E-state index is -0.363. The summed E-state index contributed by atoms with van der Waals surface area (Å²) in [5.74, 6) is 0.0498. The molecule has 0 aliphatic carbocycles. The van der Waals surface area contributed by atoms with Crippen molar-refractivity contribution in [1.29, 1.82) is 0 Å². The Bertz CT molecular complexity index is 685. The van der Waals surface area contributed by atoms with Crippen LogP contribution in [0.1, 0.15) is 23.3 Å². The molecule has 2 fully saturated rings. The molecule has 21 heavy (non-hydrogen) atoms. The third kappa shape index (κ3) is 2.55. The molecule has 0 aromatic heterocycles. The van der Waals surface area contributed by atoms with E-state index in [9.17, 15) is 4.79 Å². The molecule has 0 radical (unpaired) electrons. The van der Waals surface area contributed by atoms with Crippen LogP contribution in [0.15, 0.2) is 59.1 Å². The number of carbonyl (C=O) groups is 1. The van der Waals surface area contributed by atoms with Gasteiger partial charge in [0.2, 0.25) is 0 Å². The first kappa shape index (κ1) is 13.2. The van der Waals surface area contributed by atoms with E-state index in [1.807, 2.05) is 54.6 Å². The van der Waals surface area contributed by atoms with E-state index in [-0.39, 0.29) is 30.2 Å². The van der Waals surface area contributed by atoms with Crippen molar-refractivity contribution in [3.63, 3.8) is 0 Å². The van der Waals surface area contributed by atoms with Gasteiger partial charge < -0.3 is 9.47 Å². The van der Waals surface area contributed by atoms with E-state index in [1.165, 1.54) is 0 Å². The molecule has 0 unspecified atom stereocenters. The Morgan fingerprint density at radius 3 is 2.14 bits per heavy atom. The van der Waals surface area contributed by atoms with Crippen LogP contribution in [0.4, 0.5) is 0 Å². The Kier molecular flexibility index (Phi) is 3.17. The van der Waals surface area contributed by atoms with Gasteiger partial charge in [0.15, 0.2) is 5.78 Å². The molecule has 4 heteroatoms. The maximum atomic E-state index is 12.4. The lowest BCUT2D eigenvalue weighted by atomic mass is 10.0. The van der Waals surface area contributed by atoms with Gasteiger partial charge in [-0.25, -0.2) is 0 Å². The Balaban J connectivity index is 1.42. The number of ketones is 1. The van der Waals surface area contributed by atoms with E-state index in [1.54, 1.807) is 0 Å². The van der Waals surface area contributed by atoms with Gasteiger partial charge in [0.1, 0.15) is 24.4 Å². The van der Waals surface area contributed by atoms with E-state index in [4.69, 9.17) is 9.47 Å². The number of halogens is 1. The highest BCUT2D eigenvalue weighted by molar-refractivity contribution is 9.10. The second-order valence-corrected chi connectivity index (χ2v) is 6.24. The lowest BCUT2D eigenvalue weighted by Gasteiger charge is -1.96. The van der Waals surface area contributed by atoms with Crippen LogP contribution in [0.5, 0.6) is 0 Å². The first-order valence-corrected chi connectivity index (χ1v) is 7.68. The third-order valence-electron chi connectivity index (χ3n) is 3.85. The van der Waals surface area contributed by atoms with Crippen LogP contribution in [-0.2, 0) is 14.3 Å². The maximum Gasteiger partial charge on any atom is 0.196 e. The van der Waals surface area contributed by atoms with Gasteiger partial charge in [-0.1, -0.05) is 58.4 Å². The Morgan fingerprint density at radius 1 is 0.857 bits per heavy atom. The fourth-order valence-electron chi connectivity index (χ4n) is 2.65. The molecule has 106 valence electrons. The van der Waals surface area contributed by atoms with Gasteiger partial charge in [0.25, 0.3) is 0 Å². The summed E-state index contributed by atoms with van der Waals surface area (Å²) in [7, 11) is 0. The number of hydrogen-bond donors (Lipinski definition) is 0. The number of benzene rings is 2. The van der Waals surface area contributed by atoms with E-state index < -0.39 is 0 Å². The first-order chi connectivity index (χ1) is 10.2. The molecule has 0 saturated carbocycles. The van der Waals surface area contributed by atoms with Crippen molar-refractivity contribution < 1.29 is 14.3 Å². The van der Waals surface area contributed by atoms with Crippen LogP contribution >= 0.6 is 15.9 Å². The number of hydrogen-bond acceptors (Lipinski definition) is 3. The van der Waals surface area contributed by atoms with Gasteiger partial charge in [-0.05, 0) is 23.3 Å². The summed E-state index contributed by atoms with van der Waals surface area (Å²) < 4.78 is 12.1. The summed E-state index contributed by atoms with van der Waals surface area (Å²) in [6, 6.07) is 17.7. The molecule has 0 spiro atoms. The van der Waals surface area contributed by atoms with Crippen LogP contribution in [0.25, 0.3) is 0 Å². The average molecular weight is 345 g/mol. The molecule has 3 nitrogen and oxygen atoms in total. The topological polar surface area (TPSA) is 42.1 Å². The monoisotopic (exact) mass is 344 g/mol. The van der Waals surface area contributed by atoms with Crippen molar-refractivity contribution >= 4 is 21.7 Å². The molecule has 0 amide bonds. The van der Waals surface area contributed by atoms with Crippen LogP contribution < -0.4 is 0 Å². The fraction of sp³-hybridized carbons (Fsp3) is 0.235. The standard InChI is InChI=1S/C17H13BrO3/c18-12-8-4-7-11(9-12)15-17(21-15)13(19)16-14(20-16)10-5-2-1-3-6-10/h1-9,14-17H/t14-,15-,16+,17+/m1/s1. The summed E-state index contributed by atoms with van der Waals surface area (Å²) in [4.78, 5) is 12.4. The normalized spacial score (nSPS) is 30.0. The molecule has 2 aliphatic heterocycles. The zero-order chi connectivity index (χ0) is 14.4. The molecule has 2 aliphatic rings. The number of Topliss-reactive ketones (excluding diaryl/α,β-unsaturated/α-hetero) is 1. The zero-order valence-corrected chi connectivity index (χ0v) is 12.7. The van der Waals surface area contributed by atoms with E-state index in [0.29, 0.717) is 0 Å². The Morgan fingerprint density at radius 2 is 1.48 bits per heavy atom. The van der Waals surface area contributed by atoms with Gasteiger partial charge in [0.05, 0.1) is 0 Å². The summed E-state index contributed by atoms with van der Waals surface area (Å²) in [6.45, 7) is 0. The van der Waals surface area contributed by atoms with Crippen LogP contribution in [0, 0.1) is 0 Å². The average Bonchev–Trinajstić information content (AvgIpc) is 3.39. The van der Waals surface area contributed by atoms with E-state index >= 15 is 0 Å². The predicted octanol–water partition coefficient (Wildman–Crippen LogP) is 3.60. The molecule has 2 aromatic carbocycles. The highest BCUT2D eigenvalue weighted by Gasteiger charge is 2.56. The number of rotatable bonds is 4. The predicted molar refractivity (Wildman–Crippen MR) is 80.8 cm³/mol. The van der Waals surface area contributed by atoms with Gasteiger partial charge in [-0.15, -0.1) is 0 Å². The highest BCUT2D eigenvalue weighted by Crippen LogP contribution is 2.47. The fourth-order valence-corrected chi connectivity index (χ4v) is 3.07. The maximum absolute atomic E-state index is 12.4. The Labute approximate surface area is 131 Å². The first-order valence-electron chi connectivity index (χ1n) is 6.89. The number of carbonyl (C=O) groups excluding carboxylic acids is 1. The molecule has 2 aromatic rings. The van der Waals surface area contributed by atoms with Crippen molar-refractivity contribution in [3.05, 3.63) is 70.2 Å². The van der Waals surface area contributed by atoms with Crippen LogP contribution in [0.2, 0.25) is 0 Å². The molecule has 4 atom stereocenters. The summed E-state index contributed by atoms with van der Waals surface area (Å²) in [5.41, 5.74) is 2.08. The zero-order valence-electron chi connectivity index (χ0n) is 11.1. The largest absolute Gasteiger partial charge is 0.356 e. The third-order valence-corrected chi connectivity index (χ3v) is 4.34. The SMILES string of the molecule is O=C([C@@H]1O[C@@H]1c1ccccc1)[C@@H]1O[C@@H]1c1cccc(Br)c1. The molecular weight excluding hydrogens is 332 g/mol. The minimum absolute atomic E-state index is 0.0498. The quantitative estimate of drug-likeness (QED) is 0.796. The summed E-state index contributed by atoms with van der Waals surface area (Å²) >= 11 is 3.43. The molecule has 4 rings (SSSR count). The number of epoxide rings is 2. The smallest absolute Gasteiger partial charge is 0.196 e. The van der Waals surface area contributed by atoms with Crippen molar-refractivity contribution in [2.24, 2.45) is 0 Å². The molecule has 2 saturated heterocycles. The second-order valence-electron chi connectivity index (χ2n) is 5.32. The van der Waals surface area contributed by atoms with Crippen molar-refractivity contribution in [2.45, 2.75) is 24.4 Å². The lowest BCUT2D eigenvalue weighted by Crippen LogP contribution is -2.15. The Hall–Kier alpha value is -1.49. The van der Waals surface area contributed by atoms with Gasteiger partial charge in [0, 0.05) is 4.47 Å². The second kappa shape index (κ2) is 5.05. The van der Waals surface area contributed by atoms with E-state index in [0.717, 1.165) is 15.6 Å². The minimum Gasteiger partial charge on any atom is -0.356 e. The van der Waals surface area contributed by atoms with Crippen molar-refractivity contribution in [3.8, 4) is 0 Å². The van der Waals surface area contributed by atoms with Crippen molar-refractivity contribution in [2.75, 3.05) is 0 Å². The number of ether oxygens (including phenoxy) is 2. The molecule has 0 N–H and O–H groups in total. The molecule has 2 heterocycles. The van der Waals surface area contributed by atoms with Gasteiger partial charge in [-0.3, -0.25) is 4.79 Å². The van der Waals surface area contributed by atoms with Crippen LogP contribution in [-0.4, -0.2) is 18.0 Å². The van der Waals surface area contributed by atoms with Gasteiger partial charge >= 0.3 is 0 Å². The molecule has 0 bridgehead atoms.